The van der Waals surface area contributed by atoms with Crippen molar-refractivity contribution in [1.29, 1.82) is 0 Å². The number of rotatable bonds is 2. The van der Waals surface area contributed by atoms with Crippen LogP contribution in [0.25, 0.3) is 0 Å². The first-order valence-electron chi connectivity index (χ1n) is 6.87. The highest BCUT2D eigenvalue weighted by Crippen LogP contribution is 2.31. The summed E-state index contributed by atoms with van der Waals surface area (Å²) in [6.07, 6.45) is 4.20. The summed E-state index contributed by atoms with van der Waals surface area (Å²) in [6, 6.07) is 6.80. The molecular formula is C15H21ClN2O. The number of benzene rings is 1. The Morgan fingerprint density at radius 1 is 1.37 bits per heavy atom. The van der Waals surface area contributed by atoms with Gasteiger partial charge in [-0.1, -0.05) is 23.8 Å². The second kappa shape index (κ2) is 5.93. The summed E-state index contributed by atoms with van der Waals surface area (Å²) in [5, 5.41) is 6.45. The van der Waals surface area contributed by atoms with Crippen LogP contribution in [0, 0.1) is 6.92 Å². The van der Waals surface area contributed by atoms with Crippen molar-refractivity contribution in [3.63, 3.8) is 0 Å². The highest BCUT2D eigenvalue weighted by Gasteiger charge is 2.28. The molecule has 1 fully saturated rings. The second-order valence-corrected chi connectivity index (χ2v) is 5.45. The lowest BCUT2D eigenvalue weighted by Crippen LogP contribution is -2.41. The van der Waals surface area contributed by atoms with Crippen LogP contribution in [-0.2, 0) is 11.2 Å². The molecule has 1 heterocycles. The highest BCUT2D eigenvalue weighted by molar-refractivity contribution is 5.85. The van der Waals surface area contributed by atoms with Gasteiger partial charge in [-0.05, 0) is 50.3 Å². The number of aryl methyl sites for hydroxylation is 2. The van der Waals surface area contributed by atoms with Gasteiger partial charge in [-0.15, -0.1) is 12.4 Å². The van der Waals surface area contributed by atoms with E-state index in [1.165, 1.54) is 16.7 Å². The molecule has 104 valence electrons. The molecule has 1 aliphatic heterocycles. The van der Waals surface area contributed by atoms with E-state index in [1.807, 2.05) is 0 Å². The van der Waals surface area contributed by atoms with Crippen molar-refractivity contribution in [2.75, 3.05) is 6.54 Å². The largest absolute Gasteiger partial charge is 0.348 e. The van der Waals surface area contributed by atoms with Gasteiger partial charge in [-0.25, -0.2) is 0 Å². The van der Waals surface area contributed by atoms with Crippen molar-refractivity contribution in [3.8, 4) is 0 Å². The zero-order valence-corrected chi connectivity index (χ0v) is 12.1. The maximum Gasteiger partial charge on any atom is 0.237 e. The molecule has 1 aliphatic carbocycles. The van der Waals surface area contributed by atoms with Crippen molar-refractivity contribution in [2.24, 2.45) is 0 Å². The van der Waals surface area contributed by atoms with E-state index in [0.717, 1.165) is 32.2 Å². The summed E-state index contributed by atoms with van der Waals surface area (Å²) in [5.41, 5.74) is 4.02. The van der Waals surface area contributed by atoms with Crippen LogP contribution in [0.5, 0.6) is 0 Å². The fourth-order valence-corrected chi connectivity index (χ4v) is 3.08. The molecule has 0 spiro atoms. The molecule has 1 aromatic rings. The van der Waals surface area contributed by atoms with Gasteiger partial charge in [-0.3, -0.25) is 4.79 Å². The molecule has 0 bridgehead atoms. The molecule has 0 aromatic heterocycles. The third kappa shape index (κ3) is 2.93. The number of fused-ring (bicyclic) bond motifs is 1. The zero-order valence-electron chi connectivity index (χ0n) is 11.2. The van der Waals surface area contributed by atoms with Gasteiger partial charge in [0.1, 0.15) is 0 Å². The number of carbonyl (C=O) groups excluding carboxylic acids is 1. The minimum Gasteiger partial charge on any atom is -0.348 e. The van der Waals surface area contributed by atoms with E-state index < -0.39 is 0 Å². The third-order valence-electron chi connectivity index (χ3n) is 4.07. The first kappa shape index (κ1) is 14.4. The molecule has 0 saturated carbocycles. The quantitative estimate of drug-likeness (QED) is 0.873. The van der Waals surface area contributed by atoms with E-state index in [1.54, 1.807) is 0 Å². The fraction of sp³-hybridized carbons (Fsp3) is 0.533. The van der Waals surface area contributed by atoms with Gasteiger partial charge in [0.25, 0.3) is 0 Å². The smallest absolute Gasteiger partial charge is 0.237 e. The van der Waals surface area contributed by atoms with E-state index in [4.69, 9.17) is 0 Å². The van der Waals surface area contributed by atoms with Gasteiger partial charge in [0.2, 0.25) is 5.91 Å². The molecule has 3 rings (SSSR count). The Hall–Kier alpha value is -1.06. The summed E-state index contributed by atoms with van der Waals surface area (Å²) >= 11 is 0. The topological polar surface area (TPSA) is 41.1 Å². The van der Waals surface area contributed by atoms with Crippen LogP contribution < -0.4 is 10.6 Å². The summed E-state index contributed by atoms with van der Waals surface area (Å²) in [5.74, 6) is 0.172. The first-order valence-corrected chi connectivity index (χ1v) is 6.87. The number of nitrogens with one attached hydrogen (secondary N) is 2. The minimum absolute atomic E-state index is 0. The van der Waals surface area contributed by atoms with Crippen LogP contribution in [-0.4, -0.2) is 18.5 Å². The van der Waals surface area contributed by atoms with E-state index in [-0.39, 0.29) is 30.4 Å². The van der Waals surface area contributed by atoms with Gasteiger partial charge in [-0.2, -0.15) is 0 Å². The van der Waals surface area contributed by atoms with Gasteiger partial charge in [0, 0.05) is 0 Å². The Kier molecular flexibility index (Phi) is 4.48. The zero-order chi connectivity index (χ0) is 12.5. The summed E-state index contributed by atoms with van der Waals surface area (Å²) < 4.78 is 0. The Morgan fingerprint density at radius 3 is 2.95 bits per heavy atom. The number of halogens is 1. The molecule has 2 N–H and O–H groups in total. The summed E-state index contributed by atoms with van der Waals surface area (Å²) in [6.45, 7) is 3.09. The van der Waals surface area contributed by atoms with Gasteiger partial charge in [0.15, 0.2) is 0 Å². The summed E-state index contributed by atoms with van der Waals surface area (Å²) in [7, 11) is 0. The predicted octanol–water partition coefficient (Wildman–Crippen LogP) is 2.27. The van der Waals surface area contributed by atoms with E-state index in [9.17, 15) is 4.79 Å². The fourth-order valence-electron chi connectivity index (χ4n) is 3.08. The molecule has 1 aromatic carbocycles. The number of hydrogen-bond donors (Lipinski definition) is 2. The SMILES string of the molecule is Cc1ccc2c(c1)CCC2NC(=O)C1CCCN1.Cl. The average molecular weight is 281 g/mol. The van der Waals surface area contributed by atoms with Crippen LogP contribution in [0.3, 0.4) is 0 Å². The van der Waals surface area contributed by atoms with E-state index in [2.05, 4.69) is 35.8 Å². The number of carbonyl (C=O) groups is 1. The van der Waals surface area contributed by atoms with Crippen molar-refractivity contribution >= 4 is 18.3 Å². The second-order valence-electron chi connectivity index (χ2n) is 5.45. The molecule has 2 unspecified atom stereocenters. The molecule has 19 heavy (non-hydrogen) atoms. The highest BCUT2D eigenvalue weighted by atomic mass is 35.5. The first-order chi connectivity index (χ1) is 8.74. The lowest BCUT2D eigenvalue weighted by atomic mass is 10.1. The Balaban J connectivity index is 0.00000133. The van der Waals surface area contributed by atoms with Crippen LogP contribution in [0.1, 0.15) is 42.0 Å². The van der Waals surface area contributed by atoms with Crippen molar-refractivity contribution < 1.29 is 4.79 Å². The molecule has 2 atom stereocenters. The third-order valence-corrected chi connectivity index (χ3v) is 4.07. The lowest BCUT2D eigenvalue weighted by Gasteiger charge is -2.17. The van der Waals surface area contributed by atoms with Gasteiger partial charge >= 0.3 is 0 Å². The number of amides is 1. The molecule has 4 heteroatoms. The van der Waals surface area contributed by atoms with Crippen LogP contribution in [0.2, 0.25) is 0 Å². The van der Waals surface area contributed by atoms with E-state index in [0.29, 0.717) is 0 Å². The maximum atomic E-state index is 12.1. The molecule has 1 amide bonds. The standard InChI is InChI=1S/C15H20N2O.ClH/c1-10-4-6-12-11(9-10)5-7-13(12)17-15(18)14-3-2-8-16-14;/h4,6,9,13-14,16H,2-3,5,7-8H2,1H3,(H,17,18);1H. The van der Waals surface area contributed by atoms with Crippen LogP contribution in [0.4, 0.5) is 0 Å². The Morgan fingerprint density at radius 2 is 2.21 bits per heavy atom. The molecule has 0 radical (unpaired) electrons. The maximum absolute atomic E-state index is 12.1. The average Bonchev–Trinajstić information content (AvgIpc) is 2.98. The van der Waals surface area contributed by atoms with Crippen molar-refractivity contribution in [1.82, 2.24) is 10.6 Å². The van der Waals surface area contributed by atoms with Crippen LogP contribution >= 0.6 is 12.4 Å². The van der Waals surface area contributed by atoms with Crippen LogP contribution in [0.15, 0.2) is 18.2 Å². The van der Waals surface area contributed by atoms with Crippen molar-refractivity contribution in [3.05, 3.63) is 34.9 Å². The molecular weight excluding hydrogens is 260 g/mol. The van der Waals surface area contributed by atoms with Gasteiger partial charge < -0.3 is 10.6 Å². The molecule has 2 aliphatic rings. The minimum atomic E-state index is 0. The summed E-state index contributed by atoms with van der Waals surface area (Å²) in [4.78, 5) is 12.1. The normalized spacial score (nSPS) is 24.7. The monoisotopic (exact) mass is 280 g/mol. The molecule has 1 saturated heterocycles. The molecule has 3 nitrogen and oxygen atoms in total. The van der Waals surface area contributed by atoms with Gasteiger partial charge in [0.05, 0.1) is 12.1 Å². The number of hydrogen-bond acceptors (Lipinski definition) is 2. The Bertz CT molecular complexity index is 469. The Labute approximate surface area is 120 Å². The van der Waals surface area contributed by atoms with Crippen molar-refractivity contribution in [2.45, 2.75) is 44.7 Å². The van der Waals surface area contributed by atoms with E-state index >= 15 is 0 Å². The predicted molar refractivity (Wildman–Crippen MR) is 78.7 cm³/mol. The lowest BCUT2D eigenvalue weighted by molar-refractivity contribution is -0.123.